The van der Waals surface area contributed by atoms with Crippen molar-refractivity contribution in [1.82, 2.24) is 9.55 Å². The number of carboxylic acids is 1. The zero-order valence-corrected chi connectivity index (χ0v) is 19.2. The molecule has 1 fully saturated rings. The molecule has 6 nitrogen and oxygen atoms in total. The SMILES string of the molecule is NC(=O)c1nc(C2CCCCC2)n(-c2cc(Cl)ccc2CC(=O)O)c1-c1ccc(F)c(Cl)c1. The van der Waals surface area contributed by atoms with Gasteiger partial charge in [0.2, 0.25) is 0 Å². The Morgan fingerprint density at radius 1 is 1.12 bits per heavy atom. The standard InChI is InChI=1S/C24H22Cl2FN3O3/c25-16-8-6-14(11-20(31)32)19(12-16)30-22(15-7-9-18(27)17(26)10-15)21(23(28)33)29-24(30)13-4-2-1-3-5-13/h6-10,12-13H,1-5,11H2,(H2,28,33)(H,31,32). The van der Waals surface area contributed by atoms with E-state index < -0.39 is 17.7 Å². The van der Waals surface area contributed by atoms with Gasteiger partial charge < -0.3 is 10.8 Å². The molecular formula is C24H22Cl2FN3O3. The summed E-state index contributed by atoms with van der Waals surface area (Å²) in [7, 11) is 0. The van der Waals surface area contributed by atoms with Gasteiger partial charge in [-0.05, 0) is 48.7 Å². The lowest BCUT2D eigenvalue weighted by atomic mass is 9.88. The Kier molecular flexibility index (Phi) is 6.72. The van der Waals surface area contributed by atoms with Crippen LogP contribution in [0.25, 0.3) is 16.9 Å². The number of carbonyl (C=O) groups is 2. The van der Waals surface area contributed by atoms with Crippen molar-refractivity contribution in [2.45, 2.75) is 44.4 Å². The summed E-state index contributed by atoms with van der Waals surface area (Å²) in [5.41, 5.74) is 7.48. The van der Waals surface area contributed by atoms with Gasteiger partial charge in [-0.3, -0.25) is 14.2 Å². The number of aliphatic carboxylic acids is 1. The Morgan fingerprint density at radius 3 is 2.48 bits per heavy atom. The second kappa shape index (κ2) is 9.53. The number of primary amides is 1. The molecule has 1 heterocycles. The first-order chi connectivity index (χ1) is 15.8. The molecule has 4 rings (SSSR count). The molecule has 172 valence electrons. The molecule has 0 unspecified atom stereocenters. The zero-order valence-electron chi connectivity index (χ0n) is 17.7. The van der Waals surface area contributed by atoms with Crippen LogP contribution in [0, 0.1) is 5.82 Å². The first-order valence-electron chi connectivity index (χ1n) is 10.6. The van der Waals surface area contributed by atoms with Crippen molar-refractivity contribution in [3.8, 4) is 16.9 Å². The predicted molar refractivity (Wildman–Crippen MR) is 125 cm³/mol. The average molecular weight is 490 g/mol. The summed E-state index contributed by atoms with van der Waals surface area (Å²) >= 11 is 12.4. The lowest BCUT2D eigenvalue weighted by Crippen LogP contribution is -2.14. The number of nitrogens with zero attached hydrogens (tertiary/aromatic N) is 2. The molecule has 2 aromatic carbocycles. The Bertz CT molecular complexity index is 1240. The number of hydrogen-bond donors (Lipinski definition) is 2. The lowest BCUT2D eigenvalue weighted by Gasteiger charge is -2.24. The molecule has 0 aliphatic heterocycles. The van der Waals surface area contributed by atoms with E-state index in [9.17, 15) is 19.1 Å². The van der Waals surface area contributed by atoms with Gasteiger partial charge in [-0.2, -0.15) is 0 Å². The van der Waals surface area contributed by atoms with E-state index in [-0.39, 0.29) is 23.1 Å². The van der Waals surface area contributed by atoms with Gasteiger partial charge in [-0.1, -0.05) is 48.5 Å². The van der Waals surface area contributed by atoms with Crippen LogP contribution >= 0.6 is 23.2 Å². The highest BCUT2D eigenvalue weighted by Gasteiger charge is 2.30. The first kappa shape index (κ1) is 23.3. The third kappa shape index (κ3) is 4.75. The topological polar surface area (TPSA) is 98.2 Å². The summed E-state index contributed by atoms with van der Waals surface area (Å²) in [5, 5.41) is 9.76. The molecule has 3 N–H and O–H groups in total. The van der Waals surface area contributed by atoms with Gasteiger partial charge >= 0.3 is 5.97 Å². The van der Waals surface area contributed by atoms with Crippen LogP contribution in [0.1, 0.15) is 59.9 Å². The highest BCUT2D eigenvalue weighted by atomic mass is 35.5. The largest absolute Gasteiger partial charge is 0.481 e. The van der Waals surface area contributed by atoms with Gasteiger partial charge in [0.05, 0.1) is 22.8 Å². The van der Waals surface area contributed by atoms with Crippen molar-refractivity contribution < 1.29 is 19.1 Å². The summed E-state index contributed by atoms with van der Waals surface area (Å²) in [6.07, 6.45) is 4.62. The molecule has 0 atom stereocenters. The number of benzene rings is 2. The molecule has 1 amide bonds. The summed E-state index contributed by atoms with van der Waals surface area (Å²) in [5.74, 6) is -1.72. The Morgan fingerprint density at radius 2 is 1.85 bits per heavy atom. The van der Waals surface area contributed by atoms with E-state index in [0.29, 0.717) is 33.4 Å². The van der Waals surface area contributed by atoms with Gasteiger partial charge in [0.15, 0.2) is 5.69 Å². The van der Waals surface area contributed by atoms with E-state index >= 15 is 0 Å². The number of aromatic nitrogens is 2. The number of rotatable bonds is 6. The maximum absolute atomic E-state index is 13.9. The fourth-order valence-electron chi connectivity index (χ4n) is 4.46. The maximum atomic E-state index is 13.9. The van der Waals surface area contributed by atoms with Crippen molar-refractivity contribution in [2.75, 3.05) is 0 Å². The first-order valence-corrected chi connectivity index (χ1v) is 11.4. The molecule has 33 heavy (non-hydrogen) atoms. The Hall–Kier alpha value is -2.90. The van der Waals surface area contributed by atoms with Crippen LogP contribution in [0.4, 0.5) is 4.39 Å². The number of hydrogen-bond acceptors (Lipinski definition) is 3. The van der Waals surface area contributed by atoms with Gasteiger partial charge in [0.25, 0.3) is 5.91 Å². The average Bonchev–Trinajstić information content (AvgIpc) is 3.18. The molecular weight excluding hydrogens is 468 g/mol. The second-order valence-electron chi connectivity index (χ2n) is 8.17. The zero-order chi connectivity index (χ0) is 23.7. The quantitative estimate of drug-likeness (QED) is 0.459. The smallest absolute Gasteiger partial charge is 0.307 e. The van der Waals surface area contributed by atoms with Crippen molar-refractivity contribution in [1.29, 1.82) is 0 Å². The minimum Gasteiger partial charge on any atom is -0.481 e. The van der Waals surface area contributed by atoms with Crippen LogP contribution in [-0.4, -0.2) is 26.5 Å². The van der Waals surface area contributed by atoms with Crippen molar-refractivity contribution >= 4 is 35.1 Å². The van der Waals surface area contributed by atoms with E-state index in [1.165, 1.54) is 18.2 Å². The minimum atomic E-state index is -1.01. The summed E-state index contributed by atoms with van der Waals surface area (Å²) in [6.45, 7) is 0. The molecule has 0 saturated heterocycles. The molecule has 0 bridgehead atoms. The Balaban J connectivity index is 2.07. The summed E-state index contributed by atoms with van der Waals surface area (Å²) in [6, 6.07) is 9.01. The van der Waals surface area contributed by atoms with E-state index in [1.807, 2.05) is 0 Å². The minimum absolute atomic E-state index is 0.0134. The molecule has 1 aliphatic carbocycles. The fourth-order valence-corrected chi connectivity index (χ4v) is 4.80. The van der Waals surface area contributed by atoms with Crippen molar-refractivity contribution in [3.63, 3.8) is 0 Å². The van der Waals surface area contributed by atoms with E-state index in [2.05, 4.69) is 4.98 Å². The molecule has 9 heteroatoms. The molecule has 0 radical (unpaired) electrons. The van der Waals surface area contributed by atoms with Crippen LogP contribution < -0.4 is 5.73 Å². The predicted octanol–water partition coefficient (Wildman–Crippen LogP) is 5.76. The maximum Gasteiger partial charge on any atom is 0.307 e. The molecule has 3 aromatic rings. The van der Waals surface area contributed by atoms with Gasteiger partial charge in [0.1, 0.15) is 11.6 Å². The number of carboxylic acid groups (broad SMARTS) is 1. The van der Waals surface area contributed by atoms with Gasteiger partial charge in [0, 0.05) is 16.5 Å². The molecule has 1 saturated carbocycles. The van der Waals surface area contributed by atoms with Crippen LogP contribution in [0.3, 0.4) is 0 Å². The highest BCUT2D eigenvalue weighted by Crippen LogP contribution is 2.39. The fraction of sp³-hybridized carbons (Fsp3) is 0.292. The molecule has 1 aliphatic rings. The van der Waals surface area contributed by atoms with E-state index in [0.717, 1.165) is 32.1 Å². The highest BCUT2D eigenvalue weighted by molar-refractivity contribution is 6.31. The van der Waals surface area contributed by atoms with Crippen molar-refractivity contribution in [3.05, 3.63) is 69.3 Å². The van der Waals surface area contributed by atoms with Crippen LogP contribution in [-0.2, 0) is 11.2 Å². The third-order valence-corrected chi connectivity index (χ3v) is 6.45. The van der Waals surface area contributed by atoms with Gasteiger partial charge in [-0.25, -0.2) is 9.37 Å². The number of nitrogens with two attached hydrogens (primary N) is 1. The number of imidazole rings is 1. The molecule has 1 aromatic heterocycles. The normalized spacial score (nSPS) is 14.4. The summed E-state index contributed by atoms with van der Waals surface area (Å²) in [4.78, 5) is 28.7. The summed E-state index contributed by atoms with van der Waals surface area (Å²) < 4.78 is 15.7. The van der Waals surface area contributed by atoms with Crippen LogP contribution in [0.2, 0.25) is 10.0 Å². The van der Waals surface area contributed by atoms with E-state index in [4.69, 9.17) is 28.9 Å². The van der Waals surface area contributed by atoms with Crippen molar-refractivity contribution in [2.24, 2.45) is 5.73 Å². The monoisotopic (exact) mass is 489 g/mol. The molecule has 0 spiro atoms. The van der Waals surface area contributed by atoms with Crippen LogP contribution in [0.5, 0.6) is 0 Å². The van der Waals surface area contributed by atoms with Gasteiger partial charge in [-0.15, -0.1) is 0 Å². The lowest BCUT2D eigenvalue weighted by molar-refractivity contribution is -0.136. The van der Waals surface area contributed by atoms with E-state index in [1.54, 1.807) is 22.8 Å². The Labute approximate surface area is 200 Å². The number of amides is 1. The number of carbonyl (C=O) groups excluding carboxylic acids is 1. The number of halogens is 3. The second-order valence-corrected chi connectivity index (χ2v) is 9.02. The third-order valence-electron chi connectivity index (χ3n) is 5.93. The van der Waals surface area contributed by atoms with Crippen LogP contribution in [0.15, 0.2) is 36.4 Å².